The van der Waals surface area contributed by atoms with E-state index in [1.807, 2.05) is 42.5 Å². The van der Waals surface area contributed by atoms with Gasteiger partial charge in [0.15, 0.2) is 0 Å². The molecule has 0 spiro atoms. The Morgan fingerprint density at radius 3 is 2.44 bits per heavy atom. The maximum Gasteiger partial charge on any atom is 0.407 e. The maximum absolute atomic E-state index is 12.3. The maximum atomic E-state index is 12.3. The van der Waals surface area contributed by atoms with Crippen molar-refractivity contribution >= 4 is 17.8 Å². The summed E-state index contributed by atoms with van der Waals surface area (Å²) in [5.74, 6) is 1.01. The monoisotopic (exact) mass is 367 g/mol. The van der Waals surface area contributed by atoms with Crippen LogP contribution >= 0.6 is 0 Å². The minimum atomic E-state index is -0.395. The zero-order valence-electron chi connectivity index (χ0n) is 15.3. The number of rotatable bonds is 6. The summed E-state index contributed by atoms with van der Waals surface area (Å²) in [7, 11) is 0. The van der Waals surface area contributed by atoms with E-state index in [0.29, 0.717) is 18.3 Å². The Kier molecular flexibility index (Phi) is 6.79. The minimum Gasteiger partial charge on any atom is -0.445 e. The van der Waals surface area contributed by atoms with Crippen molar-refractivity contribution in [2.45, 2.75) is 32.3 Å². The fourth-order valence-electron chi connectivity index (χ4n) is 3.30. The summed E-state index contributed by atoms with van der Waals surface area (Å²) in [6.45, 7) is 0.856. The number of ether oxygens (including phenoxy) is 1. The van der Waals surface area contributed by atoms with Gasteiger partial charge in [-0.15, -0.1) is 0 Å². The first-order chi connectivity index (χ1) is 13.2. The molecule has 2 aromatic rings. The van der Waals surface area contributed by atoms with Crippen LogP contribution in [-0.2, 0) is 16.1 Å². The SMILES string of the molecule is O=C(NCC1CCC(C(=O)Nc2ccccn2)CC1)OCc1ccccc1. The lowest BCUT2D eigenvalue weighted by Gasteiger charge is -2.27. The highest BCUT2D eigenvalue weighted by atomic mass is 16.5. The van der Waals surface area contributed by atoms with Gasteiger partial charge < -0.3 is 15.4 Å². The van der Waals surface area contributed by atoms with E-state index in [2.05, 4.69) is 15.6 Å². The molecule has 1 heterocycles. The summed E-state index contributed by atoms with van der Waals surface area (Å²) in [6.07, 6.45) is 4.75. The van der Waals surface area contributed by atoms with Gasteiger partial charge in [-0.05, 0) is 49.3 Å². The van der Waals surface area contributed by atoms with Crippen LogP contribution in [0.2, 0.25) is 0 Å². The Hall–Kier alpha value is -2.89. The molecule has 1 aliphatic rings. The number of hydrogen-bond donors (Lipinski definition) is 2. The Bertz CT molecular complexity index is 729. The lowest BCUT2D eigenvalue weighted by atomic mass is 9.81. The number of alkyl carbamates (subject to hydrolysis) is 1. The highest BCUT2D eigenvalue weighted by Gasteiger charge is 2.26. The fourth-order valence-corrected chi connectivity index (χ4v) is 3.30. The summed E-state index contributed by atoms with van der Waals surface area (Å²) in [4.78, 5) is 28.3. The number of hydrogen-bond acceptors (Lipinski definition) is 4. The molecule has 1 aromatic carbocycles. The second-order valence-electron chi connectivity index (χ2n) is 6.86. The number of aromatic nitrogens is 1. The molecule has 2 N–H and O–H groups in total. The van der Waals surface area contributed by atoms with Crippen LogP contribution in [0.5, 0.6) is 0 Å². The predicted octanol–water partition coefficient (Wildman–Crippen LogP) is 3.75. The van der Waals surface area contributed by atoms with Gasteiger partial charge in [-0.2, -0.15) is 0 Å². The number of carbonyl (C=O) groups excluding carboxylic acids is 2. The van der Waals surface area contributed by atoms with Gasteiger partial charge >= 0.3 is 6.09 Å². The Balaban J connectivity index is 1.33. The quantitative estimate of drug-likeness (QED) is 0.815. The van der Waals surface area contributed by atoms with E-state index >= 15 is 0 Å². The molecule has 0 bridgehead atoms. The van der Waals surface area contributed by atoms with Crippen LogP contribution in [0.3, 0.4) is 0 Å². The first kappa shape index (κ1) is 18.9. The van der Waals surface area contributed by atoms with E-state index in [9.17, 15) is 9.59 Å². The van der Waals surface area contributed by atoms with Crippen molar-refractivity contribution < 1.29 is 14.3 Å². The second kappa shape index (κ2) is 9.71. The summed E-state index contributed by atoms with van der Waals surface area (Å²) < 4.78 is 5.22. The molecule has 1 aromatic heterocycles. The molecule has 1 aliphatic carbocycles. The van der Waals surface area contributed by atoms with Gasteiger partial charge in [-0.25, -0.2) is 9.78 Å². The third kappa shape index (κ3) is 6.09. The molecule has 0 aliphatic heterocycles. The first-order valence-corrected chi connectivity index (χ1v) is 9.37. The Labute approximate surface area is 159 Å². The largest absolute Gasteiger partial charge is 0.445 e. The standard InChI is InChI=1S/C21H25N3O3/c25-20(24-19-8-4-5-13-22-19)18-11-9-16(10-12-18)14-23-21(26)27-15-17-6-2-1-3-7-17/h1-8,13,16,18H,9-12,14-15H2,(H,23,26)(H,22,24,25). The van der Waals surface area contributed by atoms with Gasteiger partial charge in [0.1, 0.15) is 12.4 Å². The van der Waals surface area contributed by atoms with Gasteiger partial charge in [0.2, 0.25) is 5.91 Å². The molecule has 0 radical (unpaired) electrons. The van der Waals surface area contributed by atoms with E-state index < -0.39 is 6.09 Å². The van der Waals surface area contributed by atoms with Crippen LogP contribution in [0.25, 0.3) is 0 Å². The molecular weight excluding hydrogens is 342 g/mol. The third-order valence-corrected chi connectivity index (χ3v) is 4.88. The second-order valence-corrected chi connectivity index (χ2v) is 6.86. The average molecular weight is 367 g/mol. The highest BCUT2D eigenvalue weighted by molar-refractivity contribution is 5.91. The van der Waals surface area contributed by atoms with Crippen LogP contribution in [0, 0.1) is 11.8 Å². The predicted molar refractivity (Wildman–Crippen MR) is 103 cm³/mol. The van der Waals surface area contributed by atoms with E-state index in [-0.39, 0.29) is 18.4 Å². The molecule has 6 nitrogen and oxygen atoms in total. The number of benzene rings is 1. The Morgan fingerprint density at radius 1 is 1.00 bits per heavy atom. The topological polar surface area (TPSA) is 80.3 Å². The molecule has 142 valence electrons. The van der Waals surface area contributed by atoms with Crippen molar-refractivity contribution in [1.82, 2.24) is 10.3 Å². The number of anilines is 1. The number of pyridine rings is 1. The average Bonchev–Trinajstić information content (AvgIpc) is 2.72. The van der Waals surface area contributed by atoms with Crippen LogP contribution in [-0.4, -0.2) is 23.5 Å². The molecule has 0 atom stereocenters. The van der Waals surface area contributed by atoms with Crippen molar-refractivity contribution in [2.24, 2.45) is 11.8 Å². The number of carbonyl (C=O) groups is 2. The van der Waals surface area contributed by atoms with E-state index in [0.717, 1.165) is 31.2 Å². The normalized spacial score (nSPS) is 19.1. The molecule has 0 unspecified atom stereocenters. The summed E-state index contributed by atoms with van der Waals surface area (Å²) in [5.41, 5.74) is 0.965. The summed E-state index contributed by atoms with van der Waals surface area (Å²) in [6, 6.07) is 15.1. The lowest BCUT2D eigenvalue weighted by molar-refractivity contribution is -0.121. The van der Waals surface area contributed by atoms with Crippen LogP contribution in [0.1, 0.15) is 31.2 Å². The zero-order chi connectivity index (χ0) is 18.9. The van der Waals surface area contributed by atoms with Gasteiger partial charge in [-0.1, -0.05) is 36.4 Å². The molecule has 1 fully saturated rings. The third-order valence-electron chi connectivity index (χ3n) is 4.88. The smallest absolute Gasteiger partial charge is 0.407 e. The van der Waals surface area contributed by atoms with E-state index in [1.165, 1.54) is 0 Å². The lowest BCUT2D eigenvalue weighted by Crippen LogP contribution is -2.34. The molecule has 2 amide bonds. The molecular formula is C21H25N3O3. The highest BCUT2D eigenvalue weighted by Crippen LogP contribution is 2.29. The minimum absolute atomic E-state index is 0.00767. The van der Waals surface area contributed by atoms with Crippen LogP contribution in [0.4, 0.5) is 10.6 Å². The van der Waals surface area contributed by atoms with Crippen molar-refractivity contribution in [3.8, 4) is 0 Å². The summed E-state index contributed by atoms with van der Waals surface area (Å²) >= 11 is 0. The van der Waals surface area contributed by atoms with Crippen molar-refractivity contribution in [3.05, 3.63) is 60.3 Å². The molecule has 6 heteroatoms. The van der Waals surface area contributed by atoms with Crippen molar-refractivity contribution in [3.63, 3.8) is 0 Å². The first-order valence-electron chi connectivity index (χ1n) is 9.37. The van der Waals surface area contributed by atoms with Crippen LogP contribution < -0.4 is 10.6 Å². The zero-order valence-corrected chi connectivity index (χ0v) is 15.3. The molecule has 27 heavy (non-hydrogen) atoms. The van der Waals surface area contributed by atoms with E-state index in [4.69, 9.17) is 4.74 Å². The van der Waals surface area contributed by atoms with Crippen molar-refractivity contribution in [2.75, 3.05) is 11.9 Å². The molecule has 0 saturated heterocycles. The fraction of sp³-hybridized carbons (Fsp3) is 0.381. The van der Waals surface area contributed by atoms with E-state index in [1.54, 1.807) is 12.3 Å². The van der Waals surface area contributed by atoms with Crippen molar-refractivity contribution in [1.29, 1.82) is 0 Å². The van der Waals surface area contributed by atoms with Crippen LogP contribution in [0.15, 0.2) is 54.7 Å². The van der Waals surface area contributed by atoms with Gasteiger partial charge in [0.25, 0.3) is 0 Å². The molecule has 3 rings (SSSR count). The molecule has 1 saturated carbocycles. The summed E-state index contributed by atoms with van der Waals surface area (Å²) in [5, 5.41) is 5.70. The number of amides is 2. The number of nitrogens with zero attached hydrogens (tertiary/aromatic N) is 1. The number of nitrogens with one attached hydrogen (secondary N) is 2. The van der Waals surface area contributed by atoms with Gasteiger partial charge in [-0.3, -0.25) is 4.79 Å². The van der Waals surface area contributed by atoms with Gasteiger partial charge in [0.05, 0.1) is 0 Å². The Morgan fingerprint density at radius 2 is 1.74 bits per heavy atom. The van der Waals surface area contributed by atoms with Gasteiger partial charge in [0, 0.05) is 18.7 Å².